The molecule has 1 aromatic rings. The van der Waals surface area contributed by atoms with Gasteiger partial charge in [0.15, 0.2) is 0 Å². The predicted molar refractivity (Wildman–Crippen MR) is 78.3 cm³/mol. The molecule has 0 atom stereocenters. The summed E-state index contributed by atoms with van der Waals surface area (Å²) < 4.78 is 10.1. The fourth-order valence-corrected chi connectivity index (χ4v) is 2.00. The van der Waals surface area contributed by atoms with Crippen molar-refractivity contribution in [2.45, 2.75) is 6.10 Å². The van der Waals surface area contributed by atoms with Crippen LogP contribution in [0.3, 0.4) is 0 Å². The molecule has 0 bridgehead atoms. The van der Waals surface area contributed by atoms with Gasteiger partial charge >= 0.3 is 6.03 Å². The summed E-state index contributed by atoms with van der Waals surface area (Å²) in [6.07, 6.45) is 0.333. The number of nitrogens with zero attached hydrogens (tertiary/aromatic N) is 1. The highest BCUT2D eigenvalue weighted by molar-refractivity contribution is 5.89. The highest BCUT2D eigenvalue weighted by Gasteiger charge is 2.26. The first kappa shape index (κ1) is 14.6. The van der Waals surface area contributed by atoms with E-state index < -0.39 is 0 Å². The van der Waals surface area contributed by atoms with Gasteiger partial charge in [0, 0.05) is 45.2 Å². The molecule has 0 aromatic heterocycles. The third-order valence-electron chi connectivity index (χ3n) is 3.26. The van der Waals surface area contributed by atoms with Crippen molar-refractivity contribution in [1.82, 2.24) is 5.32 Å². The van der Waals surface area contributed by atoms with E-state index >= 15 is 0 Å². The molecule has 1 aromatic carbocycles. The van der Waals surface area contributed by atoms with Crippen molar-refractivity contribution in [2.75, 3.05) is 50.7 Å². The lowest BCUT2D eigenvalue weighted by Gasteiger charge is -2.40. The Morgan fingerprint density at radius 2 is 2.00 bits per heavy atom. The van der Waals surface area contributed by atoms with Gasteiger partial charge in [0.2, 0.25) is 0 Å². The van der Waals surface area contributed by atoms with Gasteiger partial charge in [0.25, 0.3) is 0 Å². The monoisotopic (exact) mass is 279 g/mol. The zero-order valence-electron chi connectivity index (χ0n) is 11.9. The maximum absolute atomic E-state index is 11.6. The third kappa shape index (κ3) is 3.85. The Kier molecular flexibility index (Phi) is 5.20. The minimum Gasteiger partial charge on any atom is -0.383 e. The largest absolute Gasteiger partial charge is 0.383 e. The number of nitrogens with one attached hydrogen (secondary N) is 2. The minimum atomic E-state index is -0.224. The van der Waals surface area contributed by atoms with Gasteiger partial charge in [-0.1, -0.05) is 0 Å². The molecule has 1 aliphatic heterocycles. The van der Waals surface area contributed by atoms with E-state index in [0.29, 0.717) is 19.3 Å². The van der Waals surface area contributed by atoms with Gasteiger partial charge in [0.05, 0.1) is 12.7 Å². The number of carbonyl (C=O) groups excluding carboxylic acids is 1. The van der Waals surface area contributed by atoms with Gasteiger partial charge in [-0.05, 0) is 24.3 Å². The number of rotatable bonds is 6. The zero-order chi connectivity index (χ0) is 14.4. The van der Waals surface area contributed by atoms with E-state index in [1.807, 2.05) is 24.3 Å². The highest BCUT2D eigenvalue weighted by Crippen LogP contribution is 2.23. The van der Waals surface area contributed by atoms with Crippen LogP contribution in [0.15, 0.2) is 24.3 Å². The van der Waals surface area contributed by atoms with Crippen LogP contribution in [-0.2, 0) is 9.47 Å². The topological polar surface area (TPSA) is 62.8 Å². The normalized spacial score (nSPS) is 14.8. The number of urea groups is 1. The van der Waals surface area contributed by atoms with Crippen LogP contribution in [0.4, 0.5) is 16.2 Å². The molecule has 2 amide bonds. The van der Waals surface area contributed by atoms with Crippen LogP contribution in [0.25, 0.3) is 0 Å². The van der Waals surface area contributed by atoms with Crippen LogP contribution < -0.4 is 15.5 Å². The van der Waals surface area contributed by atoms with Crippen molar-refractivity contribution >= 4 is 17.4 Å². The molecule has 0 unspecified atom stereocenters. The number of carbonyl (C=O) groups is 1. The van der Waals surface area contributed by atoms with E-state index in [-0.39, 0.29) is 6.03 Å². The molecular formula is C14H21N3O3. The molecule has 0 aliphatic carbocycles. The molecule has 6 nitrogen and oxygen atoms in total. The van der Waals surface area contributed by atoms with Gasteiger partial charge in [0.1, 0.15) is 0 Å². The molecule has 20 heavy (non-hydrogen) atoms. The molecule has 1 fully saturated rings. The molecular weight excluding hydrogens is 258 g/mol. The molecule has 0 spiro atoms. The van der Waals surface area contributed by atoms with Crippen LogP contribution in [0.1, 0.15) is 0 Å². The molecule has 2 N–H and O–H groups in total. The van der Waals surface area contributed by atoms with Crippen molar-refractivity contribution in [1.29, 1.82) is 0 Å². The van der Waals surface area contributed by atoms with E-state index in [4.69, 9.17) is 9.47 Å². The molecule has 2 rings (SSSR count). The van der Waals surface area contributed by atoms with Gasteiger partial charge in [-0.2, -0.15) is 0 Å². The maximum Gasteiger partial charge on any atom is 0.319 e. The van der Waals surface area contributed by atoms with Crippen LogP contribution in [0.5, 0.6) is 0 Å². The Hall–Kier alpha value is -1.79. The second-order valence-electron chi connectivity index (χ2n) is 4.68. The van der Waals surface area contributed by atoms with Gasteiger partial charge in [-0.3, -0.25) is 0 Å². The van der Waals surface area contributed by atoms with Gasteiger partial charge < -0.3 is 25.0 Å². The van der Waals surface area contributed by atoms with Crippen molar-refractivity contribution in [3.63, 3.8) is 0 Å². The summed E-state index contributed by atoms with van der Waals surface area (Å²) in [4.78, 5) is 13.8. The summed E-state index contributed by atoms with van der Waals surface area (Å²) in [5, 5.41) is 5.48. The number of anilines is 2. The molecule has 110 valence electrons. The van der Waals surface area contributed by atoms with Crippen molar-refractivity contribution in [2.24, 2.45) is 0 Å². The SMILES string of the molecule is COCCNC(=O)Nc1ccc(N2CC(OC)C2)cc1. The number of hydrogen-bond acceptors (Lipinski definition) is 4. The van der Waals surface area contributed by atoms with E-state index in [1.54, 1.807) is 14.2 Å². The number of amides is 2. The van der Waals surface area contributed by atoms with E-state index in [1.165, 1.54) is 0 Å². The Morgan fingerprint density at radius 1 is 1.30 bits per heavy atom. The molecule has 1 heterocycles. The van der Waals surface area contributed by atoms with Crippen molar-refractivity contribution in [3.05, 3.63) is 24.3 Å². The average molecular weight is 279 g/mol. The molecule has 0 radical (unpaired) electrons. The van der Waals surface area contributed by atoms with E-state index in [2.05, 4.69) is 15.5 Å². The van der Waals surface area contributed by atoms with E-state index in [0.717, 1.165) is 24.5 Å². The lowest BCUT2D eigenvalue weighted by molar-refractivity contribution is 0.0788. The van der Waals surface area contributed by atoms with E-state index in [9.17, 15) is 4.79 Å². The first-order valence-corrected chi connectivity index (χ1v) is 6.64. The number of benzene rings is 1. The zero-order valence-corrected chi connectivity index (χ0v) is 11.9. The quantitative estimate of drug-likeness (QED) is 0.770. The van der Waals surface area contributed by atoms with Crippen molar-refractivity contribution < 1.29 is 14.3 Å². The fourth-order valence-electron chi connectivity index (χ4n) is 2.00. The summed E-state index contributed by atoms with van der Waals surface area (Å²) in [6, 6.07) is 7.56. The summed E-state index contributed by atoms with van der Waals surface area (Å²) in [5.41, 5.74) is 1.91. The fraction of sp³-hybridized carbons (Fsp3) is 0.500. The van der Waals surface area contributed by atoms with Crippen LogP contribution >= 0.6 is 0 Å². The Bertz CT molecular complexity index is 430. The molecule has 1 aliphatic rings. The Labute approximate surface area is 119 Å². The number of methoxy groups -OCH3 is 2. The van der Waals surface area contributed by atoms with Crippen molar-refractivity contribution in [3.8, 4) is 0 Å². The smallest absolute Gasteiger partial charge is 0.319 e. The second-order valence-corrected chi connectivity index (χ2v) is 4.68. The maximum atomic E-state index is 11.6. The summed E-state index contributed by atoms with van der Waals surface area (Å²) in [7, 11) is 3.33. The van der Waals surface area contributed by atoms with Crippen LogP contribution in [0.2, 0.25) is 0 Å². The summed E-state index contributed by atoms with van der Waals surface area (Å²) in [6.45, 7) is 2.83. The summed E-state index contributed by atoms with van der Waals surface area (Å²) >= 11 is 0. The second kappa shape index (κ2) is 7.12. The highest BCUT2D eigenvalue weighted by atomic mass is 16.5. The lowest BCUT2D eigenvalue weighted by atomic mass is 10.1. The minimum absolute atomic E-state index is 0.224. The summed E-state index contributed by atoms with van der Waals surface area (Å²) in [5.74, 6) is 0. The number of hydrogen-bond donors (Lipinski definition) is 2. The standard InChI is InChI=1S/C14H21N3O3/c1-19-8-7-15-14(18)16-11-3-5-12(6-4-11)17-9-13(10-17)20-2/h3-6,13H,7-10H2,1-2H3,(H2,15,16,18). The lowest BCUT2D eigenvalue weighted by Crippen LogP contribution is -2.51. The van der Waals surface area contributed by atoms with Crippen LogP contribution in [0, 0.1) is 0 Å². The average Bonchev–Trinajstić information content (AvgIpc) is 2.40. The Morgan fingerprint density at radius 3 is 2.60 bits per heavy atom. The molecule has 1 saturated heterocycles. The molecule has 6 heteroatoms. The third-order valence-corrected chi connectivity index (χ3v) is 3.26. The van der Waals surface area contributed by atoms with Gasteiger partial charge in [-0.15, -0.1) is 0 Å². The number of ether oxygens (including phenoxy) is 2. The first-order valence-electron chi connectivity index (χ1n) is 6.64. The predicted octanol–water partition coefficient (Wildman–Crippen LogP) is 1.29. The first-order chi connectivity index (χ1) is 9.72. The molecule has 0 saturated carbocycles. The Balaban J connectivity index is 1.78. The van der Waals surface area contributed by atoms with Gasteiger partial charge in [-0.25, -0.2) is 4.79 Å². The van der Waals surface area contributed by atoms with Crippen LogP contribution in [-0.4, -0.2) is 52.6 Å².